The molecule has 1 aliphatic heterocycles. The molecular formula is C17H25N5. The third-order valence-electron chi connectivity index (χ3n) is 4.66. The van der Waals surface area contributed by atoms with Crippen LogP contribution in [0, 0.1) is 13.8 Å². The van der Waals surface area contributed by atoms with Crippen LogP contribution in [0.2, 0.25) is 0 Å². The van der Waals surface area contributed by atoms with Crippen LogP contribution in [-0.2, 0) is 0 Å². The Morgan fingerprint density at radius 3 is 2.64 bits per heavy atom. The maximum absolute atomic E-state index is 4.70. The highest BCUT2D eigenvalue weighted by Gasteiger charge is 2.24. The van der Waals surface area contributed by atoms with Crippen LogP contribution in [0.1, 0.15) is 49.7 Å². The maximum Gasteiger partial charge on any atom is 0.0922 e. The van der Waals surface area contributed by atoms with Crippen molar-refractivity contribution in [1.29, 1.82) is 0 Å². The first-order valence-corrected chi connectivity index (χ1v) is 8.14. The summed E-state index contributed by atoms with van der Waals surface area (Å²) >= 11 is 0. The van der Waals surface area contributed by atoms with Gasteiger partial charge in [0.25, 0.3) is 0 Å². The lowest BCUT2D eigenvalue weighted by atomic mass is 9.94. The lowest BCUT2D eigenvalue weighted by Gasteiger charge is -2.35. The van der Waals surface area contributed by atoms with Crippen LogP contribution in [0.5, 0.6) is 0 Å². The molecule has 5 heteroatoms. The molecule has 2 aromatic heterocycles. The molecule has 3 heterocycles. The zero-order valence-electron chi connectivity index (χ0n) is 13.9. The largest absolute Gasteiger partial charge is 0.300 e. The second-order valence-corrected chi connectivity index (χ2v) is 6.56. The molecule has 1 fully saturated rings. The molecule has 0 amide bonds. The van der Waals surface area contributed by atoms with Crippen molar-refractivity contribution in [2.75, 3.05) is 13.1 Å². The lowest BCUT2D eigenvalue weighted by Crippen LogP contribution is -2.39. The standard InChI is InChI=1S/C17H25N5/c1-11(2)22-7-5-6-14(10-22)15-8-19-16(9-18-15)17-12(3)20-21-13(17)4/h8-9,11,14H,5-7,10H2,1-4H3,(H,20,21)/t14-/m1/s1. The molecule has 1 atom stereocenters. The van der Waals surface area contributed by atoms with Crippen LogP contribution in [0.4, 0.5) is 0 Å². The fraction of sp³-hybridized carbons (Fsp3) is 0.588. The highest BCUT2D eigenvalue weighted by atomic mass is 15.2. The highest BCUT2D eigenvalue weighted by molar-refractivity contribution is 5.63. The van der Waals surface area contributed by atoms with Crippen LogP contribution in [0.15, 0.2) is 12.4 Å². The second kappa shape index (κ2) is 6.16. The maximum atomic E-state index is 4.70. The molecular weight excluding hydrogens is 274 g/mol. The van der Waals surface area contributed by atoms with Gasteiger partial charge in [-0.1, -0.05) is 0 Å². The minimum Gasteiger partial charge on any atom is -0.300 e. The quantitative estimate of drug-likeness (QED) is 0.946. The summed E-state index contributed by atoms with van der Waals surface area (Å²) in [4.78, 5) is 11.9. The van der Waals surface area contributed by atoms with Gasteiger partial charge in [-0.3, -0.25) is 15.1 Å². The van der Waals surface area contributed by atoms with E-state index in [2.05, 4.69) is 33.9 Å². The van der Waals surface area contributed by atoms with Gasteiger partial charge in [-0.2, -0.15) is 5.10 Å². The summed E-state index contributed by atoms with van der Waals surface area (Å²) in [5, 5.41) is 7.24. The molecule has 1 saturated heterocycles. The number of piperidine rings is 1. The van der Waals surface area contributed by atoms with E-state index in [1.54, 1.807) is 0 Å². The second-order valence-electron chi connectivity index (χ2n) is 6.56. The smallest absolute Gasteiger partial charge is 0.0922 e. The molecule has 1 N–H and O–H groups in total. The van der Waals surface area contributed by atoms with Crippen molar-refractivity contribution in [2.45, 2.75) is 52.5 Å². The predicted octanol–water partition coefficient (Wildman–Crippen LogP) is 3.07. The van der Waals surface area contributed by atoms with Crippen molar-refractivity contribution in [1.82, 2.24) is 25.1 Å². The SMILES string of the molecule is Cc1n[nH]c(C)c1-c1cnc([C@@H]2CCCN(C(C)C)C2)cn1. The van der Waals surface area contributed by atoms with E-state index in [1.165, 1.54) is 19.4 Å². The third kappa shape index (κ3) is 2.90. The van der Waals surface area contributed by atoms with E-state index in [4.69, 9.17) is 4.98 Å². The molecule has 3 rings (SSSR count). The Balaban J connectivity index is 1.80. The van der Waals surface area contributed by atoms with Gasteiger partial charge in [0.2, 0.25) is 0 Å². The van der Waals surface area contributed by atoms with Crippen LogP contribution < -0.4 is 0 Å². The Labute approximate surface area is 132 Å². The number of nitrogens with one attached hydrogen (secondary N) is 1. The van der Waals surface area contributed by atoms with Crippen molar-refractivity contribution < 1.29 is 0 Å². The van der Waals surface area contributed by atoms with E-state index >= 15 is 0 Å². The van der Waals surface area contributed by atoms with Crippen LogP contribution in [0.25, 0.3) is 11.3 Å². The molecule has 0 aliphatic carbocycles. The van der Waals surface area contributed by atoms with E-state index in [9.17, 15) is 0 Å². The topological polar surface area (TPSA) is 57.7 Å². The highest BCUT2D eigenvalue weighted by Crippen LogP contribution is 2.28. The molecule has 0 bridgehead atoms. The Bertz CT molecular complexity index is 609. The van der Waals surface area contributed by atoms with Crippen molar-refractivity contribution in [2.24, 2.45) is 0 Å². The number of likely N-dealkylation sites (tertiary alicyclic amines) is 1. The van der Waals surface area contributed by atoms with Gasteiger partial charge < -0.3 is 4.90 Å². The summed E-state index contributed by atoms with van der Waals surface area (Å²) in [5.74, 6) is 0.504. The Hall–Kier alpha value is -1.75. The molecule has 5 nitrogen and oxygen atoms in total. The zero-order chi connectivity index (χ0) is 15.7. The Morgan fingerprint density at radius 2 is 2.05 bits per heavy atom. The first-order valence-electron chi connectivity index (χ1n) is 8.14. The van der Waals surface area contributed by atoms with Gasteiger partial charge in [-0.25, -0.2) is 0 Å². The zero-order valence-corrected chi connectivity index (χ0v) is 13.9. The number of H-pyrrole nitrogens is 1. The molecule has 0 radical (unpaired) electrons. The van der Waals surface area contributed by atoms with Crippen LogP contribution >= 0.6 is 0 Å². The lowest BCUT2D eigenvalue weighted by molar-refractivity contribution is 0.166. The van der Waals surface area contributed by atoms with E-state index in [0.717, 1.165) is 34.9 Å². The summed E-state index contributed by atoms with van der Waals surface area (Å²) in [6.07, 6.45) is 6.30. The van der Waals surface area contributed by atoms with E-state index in [0.29, 0.717) is 12.0 Å². The van der Waals surface area contributed by atoms with E-state index in [-0.39, 0.29) is 0 Å². The molecule has 0 saturated carbocycles. The minimum atomic E-state index is 0.504. The summed E-state index contributed by atoms with van der Waals surface area (Å²) in [7, 11) is 0. The van der Waals surface area contributed by atoms with Crippen molar-refractivity contribution in [3.05, 3.63) is 29.5 Å². The normalized spacial score (nSPS) is 19.8. The number of aromatic nitrogens is 4. The first-order chi connectivity index (χ1) is 10.6. The van der Waals surface area contributed by atoms with Gasteiger partial charge >= 0.3 is 0 Å². The van der Waals surface area contributed by atoms with E-state index < -0.39 is 0 Å². The first kappa shape index (κ1) is 15.2. The molecule has 0 spiro atoms. The van der Waals surface area contributed by atoms with Crippen LogP contribution in [0.3, 0.4) is 0 Å². The monoisotopic (exact) mass is 299 g/mol. The number of hydrogen-bond donors (Lipinski definition) is 1. The number of hydrogen-bond acceptors (Lipinski definition) is 4. The van der Waals surface area contributed by atoms with Gasteiger partial charge in [0, 0.05) is 36.0 Å². The average molecular weight is 299 g/mol. The molecule has 2 aromatic rings. The summed E-state index contributed by atoms with van der Waals surface area (Å²) in [5.41, 5.74) is 5.12. The van der Waals surface area contributed by atoms with Gasteiger partial charge in [-0.05, 0) is 47.1 Å². The van der Waals surface area contributed by atoms with Crippen molar-refractivity contribution in [3.8, 4) is 11.3 Å². The van der Waals surface area contributed by atoms with Gasteiger partial charge in [-0.15, -0.1) is 0 Å². The molecule has 22 heavy (non-hydrogen) atoms. The van der Waals surface area contributed by atoms with Gasteiger partial charge in [0.15, 0.2) is 0 Å². The van der Waals surface area contributed by atoms with Gasteiger partial charge in [0.05, 0.1) is 23.3 Å². The minimum absolute atomic E-state index is 0.504. The summed E-state index contributed by atoms with van der Waals surface area (Å²) in [6.45, 7) is 10.8. The van der Waals surface area contributed by atoms with E-state index in [1.807, 2.05) is 26.2 Å². The fourth-order valence-corrected chi connectivity index (χ4v) is 3.32. The molecule has 1 aliphatic rings. The summed E-state index contributed by atoms with van der Waals surface area (Å²) < 4.78 is 0. The Kier molecular flexibility index (Phi) is 4.25. The fourth-order valence-electron chi connectivity index (χ4n) is 3.32. The van der Waals surface area contributed by atoms with Crippen molar-refractivity contribution in [3.63, 3.8) is 0 Å². The third-order valence-corrected chi connectivity index (χ3v) is 4.66. The molecule has 0 unspecified atom stereocenters. The number of rotatable bonds is 3. The van der Waals surface area contributed by atoms with Crippen molar-refractivity contribution >= 4 is 0 Å². The molecule has 0 aromatic carbocycles. The average Bonchev–Trinajstić information content (AvgIpc) is 2.86. The number of aryl methyl sites for hydroxylation is 2. The molecule has 118 valence electrons. The number of aromatic amines is 1. The van der Waals surface area contributed by atoms with Gasteiger partial charge in [0.1, 0.15) is 0 Å². The van der Waals surface area contributed by atoms with Crippen LogP contribution in [-0.4, -0.2) is 44.2 Å². The number of nitrogens with zero attached hydrogens (tertiary/aromatic N) is 4. The predicted molar refractivity (Wildman–Crippen MR) is 87.8 cm³/mol. The summed E-state index contributed by atoms with van der Waals surface area (Å²) in [6, 6.07) is 0.603. The Morgan fingerprint density at radius 1 is 1.23 bits per heavy atom.